The quantitative estimate of drug-likeness (QED) is 0.911. The molecule has 2 N–H and O–H groups in total. The molecule has 2 unspecified atom stereocenters. The lowest BCUT2D eigenvalue weighted by Gasteiger charge is -2.39. The number of rotatable bonds is 4. The molecule has 0 saturated carbocycles. The molecule has 0 saturated heterocycles. The van der Waals surface area contributed by atoms with Crippen molar-refractivity contribution in [2.75, 3.05) is 27.2 Å². The highest BCUT2D eigenvalue weighted by Crippen LogP contribution is 2.40. The second-order valence-corrected chi connectivity index (χ2v) is 7.17. The number of nitrogens with zero attached hydrogens (tertiary/aromatic N) is 1. The highest BCUT2D eigenvalue weighted by Gasteiger charge is 2.32. The summed E-state index contributed by atoms with van der Waals surface area (Å²) >= 11 is 0. The van der Waals surface area contributed by atoms with E-state index in [4.69, 9.17) is 10.5 Å². The Hall–Kier alpha value is -1.91. The number of fused-ring (bicyclic) bond motifs is 1. The first-order valence-corrected chi connectivity index (χ1v) is 8.83. The molecule has 25 heavy (non-hydrogen) atoms. The van der Waals surface area contributed by atoms with Crippen LogP contribution in [0.3, 0.4) is 0 Å². The lowest BCUT2D eigenvalue weighted by molar-refractivity contribution is 0.222. The zero-order chi connectivity index (χ0) is 18.1. The first kappa shape index (κ1) is 17.9. The Balaban J connectivity index is 2.11. The van der Waals surface area contributed by atoms with Crippen molar-refractivity contribution < 1.29 is 9.13 Å². The Bertz CT molecular complexity index is 760. The van der Waals surface area contributed by atoms with Crippen LogP contribution in [0, 0.1) is 5.82 Å². The fourth-order valence-corrected chi connectivity index (χ4v) is 3.80. The summed E-state index contributed by atoms with van der Waals surface area (Å²) in [4.78, 5) is 2.24. The van der Waals surface area contributed by atoms with Crippen molar-refractivity contribution in [1.29, 1.82) is 0 Å². The Morgan fingerprint density at radius 1 is 1.16 bits per heavy atom. The fraction of sp³-hybridized carbons (Fsp3) is 0.429. The van der Waals surface area contributed by atoms with E-state index in [1.807, 2.05) is 12.1 Å². The van der Waals surface area contributed by atoms with Gasteiger partial charge in [-0.15, -0.1) is 0 Å². The number of hydrogen-bond acceptors (Lipinski definition) is 3. The third-order valence-electron chi connectivity index (χ3n) is 5.32. The number of nitrogens with two attached hydrogens (primary N) is 1. The van der Waals surface area contributed by atoms with Gasteiger partial charge in [-0.25, -0.2) is 4.39 Å². The largest absolute Gasteiger partial charge is 0.497 e. The lowest BCUT2D eigenvalue weighted by atomic mass is 9.80. The predicted molar refractivity (Wildman–Crippen MR) is 99.8 cm³/mol. The zero-order valence-corrected chi connectivity index (χ0v) is 15.4. The topological polar surface area (TPSA) is 38.5 Å². The van der Waals surface area contributed by atoms with E-state index in [2.05, 4.69) is 44.0 Å². The second kappa shape index (κ2) is 7.14. The van der Waals surface area contributed by atoms with Gasteiger partial charge < -0.3 is 10.5 Å². The van der Waals surface area contributed by atoms with Crippen LogP contribution in [-0.4, -0.2) is 32.1 Å². The normalized spacial score (nSPS) is 20.6. The van der Waals surface area contributed by atoms with E-state index >= 15 is 0 Å². The minimum absolute atomic E-state index is 0.00471. The molecule has 0 aromatic heterocycles. The van der Waals surface area contributed by atoms with Gasteiger partial charge in [-0.2, -0.15) is 0 Å². The van der Waals surface area contributed by atoms with Crippen LogP contribution in [0.25, 0.3) is 0 Å². The van der Waals surface area contributed by atoms with E-state index in [1.165, 1.54) is 22.8 Å². The summed E-state index contributed by atoms with van der Waals surface area (Å²) in [5.74, 6) is 0.769. The van der Waals surface area contributed by atoms with Gasteiger partial charge in [0, 0.05) is 31.1 Å². The van der Waals surface area contributed by atoms with Crippen molar-refractivity contribution >= 4 is 0 Å². The van der Waals surface area contributed by atoms with E-state index in [0.717, 1.165) is 6.54 Å². The number of ether oxygens (including phenoxy) is 1. The van der Waals surface area contributed by atoms with Gasteiger partial charge in [0.2, 0.25) is 0 Å². The summed E-state index contributed by atoms with van der Waals surface area (Å²) in [6.45, 7) is 5.68. The van der Waals surface area contributed by atoms with Crippen LogP contribution in [0.15, 0.2) is 36.4 Å². The molecule has 2 aromatic rings. The fourth-order valence-electron chi connectivity index (χ4n) is 3.80. The molecule has 134 valence electrons. The van der Waals surface area contributed by atoms with Crippen LogP contribution in [0.1, 0.15) is 54.0 Å². The van der Waals surface area contributed by atoms with E-state index < -0.39 is 0 Å². The van der Waals surface area contributed by atoms with Gasteiger partial charge >= 0.3 is 0 Å². The summed E-state index contributed by atoms with van der Waals surface area (Å²) in [6.07, 6.45) is 0. The Morgan fingerprint density at radius 3 is 2.48 bits per heavy atom. The number of likely N-dealkylation sites (N-methyl/N-ethyl adjacent to an activating group) is 1. The molecule has 0 spiro atoms. The SMILES string of the molecule is COc1ccc(C2CN(C)C(CN)c3cc(C(C)C)ccc32)c(F)c1. The van der Waals surface area contributed by atoms with Gasteiger partial charge in [-0.1, -0.05) is 38.1 Å². The van der Waals surface area contributed by atoms with Crippen molar-refractivity contribution in [2.45, 2.75) is 31.7 Å². The molecule has 3 rings (SSSR count). The van der Waals surface area contributed by atoms with Crippen molar-refractivity contribution in [3.8, 4) is 5.75 Å². The van der Waals surface area contributed by atoms with Gasteiger partial charge in [0.1, 0.15) is 11.6 Å². The molecule has 1 aliphatic rings. The maximum atomic E-state index is 14.7. The molecule has 0 bridgehead atoms. The van der Waals surface area contributed by atoms with Gasteiger partial charge in [-0.05, 0) is 41.3 Å². The molecule has 0 amide bonds. The average molecular weight is 342 g/mol. The molecule has 1 heterocycles. The molecule has 2 atom stereocenters. The summed E-state index contributed by atoms with van der Waals surface area (Å²) in [6, 6.07) is 11.9. The van der Waals surface area contributed by atoms with E-state index in [0.29, 0.717) is 23.8 Å². The third kappa shape index (κ3) is 3.29. The van der Waals surface area contributed by atoms with Crippen molar-refractivity contribution in [3.63, 3.8) is 0 Å². The van der Waals surface area contributed by atoms with Crippen LogP contribution in [0.2, 0.25) is 0 Å². The maximum absolute atomic E-state index is 14.7. The molecule has 0 radical (unpaired) electrons. The van der Waals surface area contributed by atoms with E-state index in [-0.39, 0.29) is 17.8 Å². The molecule has 3 nitrogen and oxygen atoms in total. The van der Waals surface area contributed by atoms with Crippen molar-refractivity contribution in [2.24, 2.45) is 5.73 Å². The van der Waals surface area contributed by atoms with Gasteiger partial charge in [0.15, 0.2) is 0 Å². The zero-order valence-electron chi connectivity index (χ0n) is 15.4. The minimum Gasteiger partial charge on any atom is -0.497 e. The Kier molecular flexibility index (Phi) is 5.11. The highest BCUT2D eigenvalue weighted by molar-refractivity contribution is 5.46. The number of methoxy groups -OCH3 is 1. The maximum Gasteiger partial charge on any atom is 0.130 e. The molecule has 2 aromatic carbocycles. The predicted octanol–water partition coefficient (Wildman–Crippen LogP) is 4.03. The monoisotopic (exact) mass is 342 g/mol. The standard InChI is InChI=1S/C21H27FN2O/c1-13(2)14-5-7-16-18(9-14)21(11-23)24(3)12-19(16)17-8-6-15(25-4)10-20(17)22/h5-10,13,19,21H,11-12,23H2,1-4H3. The van der Waals surface area contributed by atoms with Crippen LogP contribution < -0.4 is 10.5 Å². The minimum atomic E-state index is -0.220. The molecule has 4 heteroatoms. The van der Waals surface area contributed by atoms with Crippen LogP contribution in [0.5, 0.6) is 5.75 Å². The number of halogens is 1. The third-order valence-corrected chi connectivity index (χ3v) is 5.32. The molecule has 1 aliphatic heterocycles. The van der Waals surface area contributed by atoms with Crippen LogP contribution >= 0.6 is 0 Å². The molecule has 0 aliphatic carbocycles. The molecule has 0 fully saturated rings. The first-order valence-electron chi connectivity index (χ1n) is 8.83. The van der Waals surface area contributed by atoms with Gasteiger partial charge in [-0.3, -0.25) is 4.90 Å². The van der Waals surface area contributed by atoms with Crippen LogP contribution in [0.4, 0.5) is 4.39 Å². The lowest BCUT2D eigenvalue weighted by Crippen LogP contribution is -2.39. The Morgan fingerprint density at radius 2 is 1.88 bits per heavy atom. The number of hydrogen-bond donors (Lipinski definition) is 1. The first-order chi connectivity index (χ1) is 12.0. The molecular weight excluding hydrogens is 315 g/mol. The summed E-state index contributed by atoms with van der Waals surface area (Å²) < 4.78 is 19.8. The summed E-state index contributed by atoms with van der Waals surface area (Å²) in [5, 5.41) is 0. The summed E-state index contributed by atoms with van der Waals surface area (Å²) in [7, 11) is 3.62. The smallest absolute Gasteiger partial charge is 0.130 e. The van der Waals surface area contributed by atoms with Crippen molar-refractivity contribution in [3.05, 3.63) is 64.5 Å². The van der Waals surface area contributed by atoms with E-state index in [9.17, 15) is 4.39 Å². The van der Waals surface area contributed by atoms with Gasteiger partial charge in [0.25, 0.3) is 0 Å². The second-order valence-electron chi connectivity index (χ2n) is 7.17. The van der Waals surface area contributed by atoms with E-state index in [1.54, 1.807) is 7.11 Å². The average Bonchev–Trinajstić information content (AvgIpc) is 2.60. The molecular formula is C21H27FN2O. The summed E-state index contributed by atoms with van der Waals surface area (Å²) in [5.41, 5.74) is 10.5. The van der Waals surface area contributed by atoms with Crippen molar-refractivity contribution in [1.82, 2.24) is 4.90 Å². The van der Waals surface area contributed by atoms with Gasteiger partial charge in [0.05, 0.1) is 7.11 Å². The van der Waals surface area contributed by atoms with Crippen LogP contribution in [-0.2, 0) is 0 Å². The number of benzene rings is 2. The highest BCUT2D eigenvalue weighted by atomic mass is 19.1. The Labute approximate surface area is 149 Å².